The number of hydrogen-bond acceptors (Lipinski definition) is 4. The van der Waals surface area contributed by atoms with Gasteiger partial charge in [0.2, 0.25) is 5.75 Å². The molecule has 128 valence electrons. The number of rotatable bonds is 4. The molecule has 0 fully saturated rings. The molecular formula is C18H19F2NO3. The van der Waals surface area contributed by atoms with E-state index in [1.807, 2.05) is 6.07 Å². The molecule has 4 nitrogen and oxygen atoms in total. The largest absolute Gasteiger partial charge is 0.493 e. The molecule has 0 saturated carbocycles. The molecule has 0 radical (unpaired) electrons. The average Bonchev–Trinajstić information content (AvgIpc) is 2.61. The van der Waals surface area contributed by atoms with Crippen molar-refractivity contribution in [1.29, 1.82) is 0 Å². The second-order valence-electron chi connectivity index (χ2n) is 5.55. The molecule has 0 spiro atoms. The van der Waals surface area contributed by atoms with Crippen molar-refractivity contribution < 1.29 is 23.0 Å². The van der Waals surface area contributed by atoms with Crippen molar-refractivity contribution in [1.82, 2.24) is 0 Å². The molecule has 2 aromatic rings. The van der Waals surface area contributed by atoms with Crippen LogP contribution >= 0.6 is 0 Å². The Bertz CT molecular complexity index is 764. The van der Waals surface area contributed by atoms with E-state index in [2.05, 4.69) is 5.32 Å². The number of nitrogens with one attached hydrogen (secondary N) is 1. The number of halogens is 2. The third-order valence-corrected chi connectivity index (χ3v) is 4.31. The van der Waals surface area contributed by atoms with Gasteiger partial charge in [-0.05, 0) is 24.1 Å². The van der Waals surface area contributed by atoms with Crippen LogP contribution < -0.4 is 19.5 Å². The van der Waals surface area contributed by atoms with Gasteiger partial charge in [-0.2, -0.15) is 0 Å². The fraction of sp³-hybridized carbons (Fsp3) is 0.333. The van der Waals surface area contributed by atoms with Crippen LogP contribution in [-0.2, 0) is 0 Å². The van der Waals surface area contributed by atoms with Crippen LogP contribution in [0.2, 0.25) is 0 Å². The summed E-state index contributed by atoms with van der Waals surface area (Å²) in [5.74, 6) is -0.277. The summed E-state index contributed by atoms with van der Waals surface area (Å²) in [4.78, 5) is 0. The Morgan fingerprint density at radius 3 is 2.33 bits per heavy atom. The van der Waals surface area contributed by atoms with Gasteiger partial charge in [0.15, 0.2) is 23.1 Å². The van der Waals surface area contributed by atoms with Crippen molar-refractivity contribution in [3.05, 3.63) is 47.0 Å². The zero-order valence-electron chi connectivity index (χ0n) is 13.8. The summed E-state index contributed by atoms with van der Waals surface area (Å²) in [5, 5.41) is 3.31. The number of ether oxygens (including phenoxy) is 3. The third-order valence-electron chi connectivity index (χ3n) is 4.31. The highest BCUT2D eigenvalue weighted by Crippen LogP contribution is 2.50. The van der Waals surface area contributed by atoms with Crippen LogP contribution in [0.25, 0.3) is 0 Å². The van der Waals surface area contributed by atoms with Gasteiger partial charge in [0.05, 0.1) is 21.3 Å². The average molecular weight is 335 g/mol. The molecule has 6 heteroatoms. The molecule has 0 aliphatic carbocycles. The maximum absolute atomic E-state index is 13.7. The first-order valence-corrected chi connectivity index (χ1v) is 7.62. The van der Waals surface area contributed by atoms with Crippen molar-refractivity contribution in [2.24, 2.45) is 0 Å². The molecule has 1 heterocycles. The first-order chi connectivity index (χ1) is 11.6. The molecule has 1 N–H and O–H groups in total. The fourth-order valence-electron chi connectivity index (χ4n) is 3.23. The van der Waals surface area contributed by atoms with Crippen LogP contribution in [0.15, 0.2) is 24.3 Å². The molecule has 0 saturated heterocycles. The second-order valence-corrected chi connectivity index (χ2v) is 5.55. The summed E-state index contributed by atoms with van der Waals surface area (Å²) in [6.07, 6.45) is 0.726. The molecule has 2 aromatic carbocycles. The zero-order valence-corrected chi connectivity index (χ0v) is 13.8. The van der Waals surface area contributed by atoms with Crippen molar-refractivity contribution in [2.45, 2.75) is 12.3 Å². The standard InChI is InChI=1S/C18H19F2NO3/c1-22-15-9-14-16(18(24-3)17(15)23-2)11(6-7-21-14)10-4-5-12(19)13(20)8-10/h4-5,8-9,11,21H,6-7H2,1-3H3. The van der Waals surface area contributed by atoms with Gasteiger partial charge in [0.25, 0.3) is 0 Å². The highest BCUT2D eigenvalue weighted by atomic mass is 19.2. The van der Waals surface area contributed by atoms with Crippen LogP contribution in [0.4, 0.5) is 14.5 Å². The van der Waals surface area contributed by atoms with E-state index in [1.165, 1.54) is 13.2 Å². The molecule has 24 heavy (non-hydrogen) atoms. The quantitative estimate of drug-likeness (QED) is 0.919. The lowest BCUT2D eigenvalue weighted by molar-refractivity contribution is 0.321. The SMILES string of the molecule is COc1cc2c(c(OC)c1OC)C(c1ccc(F)c(F)c1)CCN2. The van der Waals surface area contributed by atoms with Crippen LogP contribution in [0, 0.1) is 11.6 Å². The molecule has 1 atom stereocenters. The Morgan fingerprint density at radius 2 is 1.71 bits per heavy atom. The lowest BCUT2D eigenvalue weighted by Gasteiger charge is -2.30. The van der Waals surface area contributed by atoms with Crippen molar-refractivity contribution in [3.63, 3.8) is 0 Å². The zero-order chi connectivity index (χ0) is 17.3. The maximum atomic E-state index is 13.7. The van der Waals surface area contributed by atoms with Crippen LogP contribution in [0.5, 0.6) is 17.2 Å². The highest BCUT2D eigenvalue weighted by molar-refractivity contribution is 5.72. The number of methoxy groups -OCH3 is 3. The predicted molar refractivity (Wildman–Crippen MR) is 87.4 cm³/mol. The van der Waals surface area contributed by atoms with Crippen LogP contribution in [0.3, 0.4) is 0 Å². The highest BCUT2D eigenvalue weighted by Gasteiger charge is 2.30. The van der Waals surface area contributed by atoms with Gasteiger partial charge in [0, 0.05) is 29.8 Å². The van der Waals surface area contributed by atoms with Crippen LogP contribution in [0.1, 0.15) is 23.5 Å². The minimum Gasteiger partial charge on any atom is -0.493 e. The molecule has 0 bridgehead atoms. The van der Waals surface area contributed by atoms with Gasteiger partial charge in [-0.15, -0.1) is 0 Å². The number of anilines is 1. The Labute approximate surface area is 139 Å². The first kappa shape index (κ1) is 16.4. The minimum atomic E-state index is -0.855. The fourth-order valence-corrected chi connectivity index (χ4v) is 3.23. The summed E-state index contributed by atoms with van der Waals surface area (Å²) < 4.78 is 43.3. The molecule has 1 aliphatic heterocycles. The predicted octanol–water partition coefficient (Wildman–Crippen LogP) is 3.94. The smallest absolute Gasteiger partial charge is 0.203 e. The number of hydrogen-bond donors (Lipinski definition) is 1. The molecule has 1 aliphatic rings. The van der Waals surface area contributed by atoms with E-state index in [1.54, 1.807) is 20.3 Å². The van der Waals surface area contributed by atoms with Gasteiger partial charge in [-0.3, -0.25) is 0 Å². The minimum absolute atomic E-state index is 0.133. The molecule has 1 unspecified atom stereocenters. The first-order valence-electron chi connectivity index (χ1n) is 7.62. The Kier molecular flexibility index (Phi) is 4.46. The second kappa shape index (κ2) is 6.55. The van der Waals surface area contributed by atoms with Crippen molar-refractivity contribution in [2.75, 3.05) is 33.2 Å². The van der Waals surface area contributed by atoms with Gasteiger partial charge >= 0.3 is 0 Å². The monoisotopic (exact) mass is 335 g/mol. The number of benzene rings is 2. The van der Waals surface area contributed by atoms with Crippen LogP contribution in [-0.4, -0.2) is 27.9 Å². The van der Waals surface area contributed by atoms with Crippen molar-refractivity contribution in [3.8, 4) is 17.2 Å². The van der Waals surface area contributed by atoms with Gasteiger partial charge in [0.1, 0.15) is 0 Å². The van der Waals surface area contributed by atoms with E-state index in [-0.39, 0.29) is 5.92 Å². The number of fused-ring (bicyclic) bond motifs is 1. The maximum Gasteiger partial charge on any atom is 0.203 e. The summed E-state index contributed by atoms with van der Waals surface area (Å²) >= 11 is 0. The summed E-state index contributed by atoms with van der Waals surface area (Å²) in [6.45, 7) is 0.704. The molecule has 0 aromatic heterocycles. The topological polar surface area (TPSA) is 39.7 Å². The summed E-state index contributed by atoms with van der Waals surface area (Å²) in [6, 6.07) is 5.84. The lowest BCUT2D eigenvalue weighted by Crippen LogP contribution is -2.19. The summed E-state index contributed by atoms with van der Waals surface area (Å²) in [7, 11) is 4.64. The van der Waals surface area contributed by atoms with E-state index in [0.717, 1.165) is 23.7 Å². The van der Waals surface area contributed by atoms with E-state index >= 15 is 0 Å². The van der Waals surface area contributed by atoms with E-state index in [0.29, 0.717) is 29.4 Å². The van der Waals surface area contributed by atoms with E-state index in [4.69, 9.17) is 14.2 Å². The Hall–Kier alpha value is -2.50. The molecule has 0 amide bonds. The molecular weight excluding hydrogens is 316 g/mol. The van der Waals surface area contributed by atoms with Gasteiger partial charge < -0.3 is 19.5 Å². The lowest BCUT2D eigenvalue weighted by atomic mass is 9.84. The van der Waals surface area contributed by atoms with Gasteiger partial charge in [-0.25, -0.2) is 8.78 Å². The third kappa shape index (κ3) is 2.62. The molecule has 3 rings (SSSR count). The van der Waals surface area contributed by atoms with E-state index < -0.39 is 11.6 Å². The van der Waals surface area contributed by atoms with Gasteiger partial charge in [-0.1, -0.05) is 6.07 Å². The Morgan fingerprint density at radius 1 is 0.958 bits per heavy atom. The summed E-state index contributed by atoms with van der Waals surface area (Å²) in [5.41, 5.74) is 2.39. The van der Waals surface area contributed by atoms with Crippen molar-refractivity contribution >= 4 is 5.69 Å². The van der Waals surface area contributed by atoms with E-state index in [9.17, 15) is 8.78 Å². The normalized spacial score (nSPS) is 16.1. The Balaban J connectivity index is 2.20.